The van der Waals surface area contributed by atoms with Gasteiger partial charge in [0, 0.05) is 0 Å². The number of hydrogen-bond acceptors (Lipinski definition) is 3. The highest BCUT2D eigenvalue weighted by atomic mass is 19.4. The van der Waals surface area contributed by atoms with E-state index in [0.29, 0.717) is 12.8 Å². The molecule has 6 heteroatoms. The van der Waals surface area contributed by atoms with Crippen LogP contribution in [-0.2, 0) is 9.53 Å². The molecule has 1 N–H and O–H groups in total. The average molecular weight is 213 g/mol. The highest BCUT2D eigenvalue weighted by molar-refractivity contribution is 5.75. The fourth-order valence-electron chi connectivity index (χ4n) is 0.973. The maximum Gasteiger partial charge on any atom is 0.401 e. The fourth-order valence-corrected chi connectivity index (χ4v) is 0.973. The minimum atomic E-state index is -4.31. The van der Waals surface area contributed by atoms with Gasteiger partial charge in [-0.1, -0.05) is 13.3 Å². The van der Waals surface area contributed by atoms with Crippen LogP contribution in [0, 0.1) is 0 Å². The van der Waals surface area contributed by atoms with E-state index in [9.17, 15) is 18.0 Å². The van der Waals surface area contributed by atoms with Crippen LogP contribution in [0.25, 0.3) is 0 Å². The summed E-state index contributed by atoms with van der Waals surface area (Å²) in [6.45, 7) is 0.609. The Bertz CT molecular complexity index is 182. The first-order valence-electron chi connectivity index (χ1n) is 4.28. The zero-order valence-corrected chi connectivity index (χ0v) is 8.15. The number of nitrogens with one attached hydrogen (secondary N) is 1. The minimum absolute atomic E-state index is 0.336. The number of esters is 1. The van der Waals surface area contributed by atoms with Gasteiger partial charge in [-0.05, 0) is 6.42 Å². The van der Waals surface area contributed by atoms with E-state index < -0.39 is 24.7 Å². The Hall–Kier alpha value is -0.780. The molecule has 1 unspecified atom stereocenters. The number of halogens is 3. The molecule has 0 saturated carbocycles. The molecule has 0 aliphatic rings. The smallest absolute Gasteiger partial charge is 0.401 e. The van der Waals surface area contributed by atoms with Crippen molar-refractivity contribution >= 4 is 5.97 Å². The van der Waals surface area contributed by atoms with Crippen LogP contribution in [0.15, 0.2) is 0 Å². The highest BCUT2D eigenvalue weighted by Gasteiger charge is 2.29. The molecule has 3 nitrogen and oxygen atoms in total. The summed E-state index contributed by atoms with van der Waals surface area (Å²) >= 11 is 0. The Morgan fingerprint density at radius 3 is 2.43 bits per heavy atom. The van der Waals surface area contributed by atoms with Crippen LogP contribution in [0.2, 0.25) is 0 Å². The van der Waals surface area contributed by atoms with Gasteiger partial charge in [0.05, 0.1) is 13.7 Å². The first-order valence-corrected chi connectivity index (χ1v) is 4.28. The monoisotopic (exact) mass is 213 g/mol. The molecule has 0 saturated heterocycles. The SMILES string of the molecule is CCCC(NCC(F)(F)F)C(=O)OC. The van der Waals surface area contributed by atoms with Crippen LogP contribution in [0.5, 0.6) is 0 Å². The predicted molar refractivity (Wildman–Crippen MR) is 44.8 cm³/mol. The molecule has 84 valence electrons. The lowest BCUT2D eigenvalue weighted by Gasteiger charge is -2.16. The van der Waals surface area contributed by atoms with Crippen molar-refractivity contribution in [2.45, 2.75) is 32.0 Å². The van der Waals surface area contributed by atoms with Crippen molar-refractivity contribution in [2.75, 3.05) is 13.7 Å². The number of ether oxygens (including phenoxy) is 1. The number of methoxy groups -OCH3 is 1. The molecule has 0 aromatic carbocycles. The molecule has 0 bridgehead atoms. The van der Waals surface area contributed by atoms with Gasteiger partial charge in [-0.25, -0.2) is 0 Å². The second-order valence-electron chi connectivity index (χ2n) is 2.86. The molecule has 0 aliphatic heterocycles. The summed E-state index contributed by atoms with van der Waals surface area (Å²) in [4.78, 5) is 11.0. The Labute approximate surface area is 80.6 Å². The number of carbonyl (C=O) groups is 1. The molecule has 0 heterocycles. The van der Waals surface area contributed by atoms with Crippen LogP contribution < -0.4 is 5.32 Å². The van der Waals surface area contributed by atoms with E-state index in [1.54, 1.807) is 6.92 Å². The normalized spacial score (nSPS) is 13.8. The van der Waals surface area contributed by atoms with Crippen LogP contribution in [0.1, 0.15) is 19.8 Å². The van der Waals surface area contributed by atoms with Gasteiger partial charge < -0.3 is 4.74 Å². The summed E-state index contributed by atoms with van der Waals surface area (Å²) < 4.78 is 39.8. The second-order valence-corrected chi connectivity index (χ2v) is 2.86. The molecular weight excluding hydrogens is 199 g/mol. The Morgan fingerprint density at radius 2 is 2.07 bits per heavy atom. The van der Waals surface area contributed by atoms with E-state index in [-0.39, 0.29) is 0 Å². The maximum atomic E-state index is 11.8. The highest BCUT2D eigenvalue weighted by Crippen LogP contribution is 2.13. The van der Waals surface area contributed by atoms with Gasteiger partial charge >= 0.3 is 12.1 Å². The molecule has 0 rings (SSSR count). The molecule has 0 aromatic heterocycles. The third kappa shape index (κ3) is 5.80. The molecule has 0 aromatic rings. The van der Waals surface area contributed by atoms with E-state index in [0.717, 1.165) is 7.11 Å². The number of alkyl halides is 3. The quantitative estimate of drug-likeness (QED) is 0.703. The lowest BCUT2D eigenvalue weighted by molar-refractivity contribution is -0.146. The molecule has 1 atom stereocenters. The van der Waals surface area contributed by atoms with Gasteiger partial charge in [-0.3, -0.25) is 10.1 Å². The fraction of sp³-hybridized carbons (Fsp3) is 0.875. The Kier molecular flexibility index (Phi) is 5.52. The third-order valence-corrected chi connectivity index (χ3v) is 1.61. The van der Waals surface area contributed by atoms with Crippen molar-refractivity contribution in [3.8, 4) is 0 Å². The van der Waals surface area contributed by atoms with Gasteiger partial charge in [-0.15, -0.1) is 0 Å². The molecule has 0 amide bonds. The molecule has 0 fully saturated rings. The molecule has 0 radical (unpaired) electrons. The standard InChI is InChI=1S/C8H14F3NO2/c1-3-4-6(7(13)14-2)12-5-8(9,10)11/h6,12H,3-5H2,1-2H3. The van der Waals surface area contributed by atoms with Crippen molar-refractivity contribution < 1.29 is 22.7 Å². The van der Waals surface area contributed by atoms with Crippen LogP contribution >= 0.6 is 0 Å². The first kappa shape index (κ1) is 13.2. The summed E-state index contributed by atoms with van der Waals surface area (Å²) in [7, 11) is 1.15. The van der Waals surface area contributed by atoms with Crippen LogP contribution in [0.4, 0.5) is 13.2 Å². The zero-order chi connectivity index (χ0) is 11.2. The predicted octanol–water partition coefficient (Wildman–Crippen LogP) is 1.48. The topological polar surface area (TPSA) is 38.3 Å². The summed E-state index contributed by atoms with van der Waals surface area (Å²) in [5.74, 6) is -0.656. The van der Waals surface area contributed by atoms with E-state index in [1.807, 2.05) is 0 Å². The lowest BCUT2D eigenvalue weighted by atomic mass is 10.1. The van der Waals surface area contributed by atoms with Crippen LogP contribution in [-0.4, -0.2) is 31.8 Å². The van der Waals surface area contributed by atoms with Gasteiger partial charge in [0.1, 0.15) is 6.04 Å². The van der Waals surface area contributed by atoms with Gasteiger partial charge in [0.2, 0.25) is 0 Å². The average Bonchev–Trinajstić information content (AvgIpc) is 2.09. The van der Waals surface area contributed by atoms with Crippen molar-refractivity contribution in [3.05, 3.63) is 0 Å². The van der Waals surface area contributed by atoms with Crippen molar-refractivity contribution in [1.82, 2.24) is 5.32 Å². The lowest BCUT2D eigenvalue weighted by Crippen LogP contribution is -2.42. The van der Waals surface area contributed by atoms with Gasteiger partial charge in [-0.2, -0.15) is 13.2 Å². The van der Waals surface area contributed by atoms with E-state index >= 15 is 0 Å². The number of carbonyl (C=O) groups excluding carboxylic acids is 1. The zero-order valence-electron chi connectivity index (χ0n) is 8.15. The summed E-state index contributed by atoms with van der Waals surface area (Å²) in [5, 5.41) is 2.11. The third-order valence-electron chi connectivity index (χ3n) is 1.61. The van der Waals surface area contributed by atoms with Crippen LogP contribution in [0.3, 0.4) is 0 Å². The van der Waals surface area contributed by atoms with Gasteiger partial charge in [0.25, 0.3) is 0 Å². The van der Waals surface area contributed by atoms with Crippen molar-refractivity contribution in [3.63, 3.8) is 0 Å². The largest absolute Gasteiger partial charge is 0.468 e. The molecule has 14 heavy (non-hydrogen) atoms. The number of hydrogen-bond donors (Lipinski definition) is 1. The molecular formula is C8H14F3NO2. The second kappa shape index (κ2) is 5.85. The van der Waals surface area contributed by atoms with Crippen molar-refractivity contribution in [1.29, 1.82) is 0 Å². The minimum Gasteiger partial charge on any atom is -0.468 e. The molecule has 0 aliphatic carbocycles. The number of rotatable bonds is 5. The Morgan fingerprint density at radius 1 is 1.50 bits per heavy atom. The van der Waals surface area contributed by atoms with E-state index in [4.69, 9.17) is 0 Å². The van der Waals surface area contributed by atoms with E-state index in [2.05, 4.69) is 10.1 Å². The maximum absolute atomic E-state index is 11.8. The summed E-state index contributed by atoms with van der Waals surface area (Å²) in [5.41, 5.74) is 0. The van der Waals surface area contributed by atoms with E-state index in [1.165, 1.54) is 0 Å². The van der Waals surface area contributed by atoms with Gasteiger partial charge in [0.15, 0.2) is 0 Å². The Balaban J connectivity index is 4.03. The summed E-state index contributed by atoms with van der Waals surface area (Å²) in [6, 6.07) is -0.869. The first-order chi connectivity index (χ1) is 6.40. The molecule has 0 spiro atoms. The summed E-state index contributed by atoms with van der Waals surface area (Å²) in [6.07, 6.45) is -3.35. The van der Waals surface area contributed by atoms with Crippen molar-refractivity contribution in [2.24, 2.45) is 0 Å².